The van der Waals surface area contributed by atoms with Crippen LogP contribution in [0.15, 0.2) is 18.2 Å². The van der Waals surface area contributed by atoms with Crippen LogP contribution in [0, 0.1) is 20.8 Å². The number of rotatable bonds is 2. The lowest BCUT2D eigenvalue weighted by Crippen LogP contribution is -2.01. The van der Waals surface area contributed by atoms with E-state index in [0.29, 0.717) is 11.7 Å². The molecule has 0 aliphatic rings. The predicted molar refractivity (Wildman–Crippen MR) is 66.0 cm³/mol. The third-order valence-electron chi connectivity index (χ3n) is 2.66. The van der Waals surface area contributed by atoms with E-state index in [-0.39, 0.29) is 0 Å². The van der Waals surface area contributed by atoms with Crippen molar-refractivity contribution < 1.29 is 4.74 Å². The fraction of sp³-hybridized carbons (Fsp3) is 0.308. The Hall–Kier alpha value is -1.97. The number of methoxy groups -OCH3 is 1. The first-order chi connectivity index (χ1) is 8.11. The number of hydrogen-bond donors (Lipinski definition) is 0. The molecule has 0 radical (unpaired) electrons. The molecule has 2 rings (SSSR count). The largest absolute Gasteiger partial charge is 0.481 e. The van der Waals surface area contributed by atoms with E-state index in [1.165, 1.54) is 0 Å². The van der Waals surface area contributed by atoms with Gasteiger partial charge in [-0.15, -0.1) is 0 Å². The van der Waals surface area contributed by atoms with Gasteiger partial charge in [0, 0.05) is 17.0 Å². The van der Waals surface area contributed by atoms with Gasteiger partial charge in [-0.1, -0.05) is 6.07 Å². The highest BCUT2D eigenvalue weighted by molar-refractivity contribution is 5.51. The van der Waals surface area contributed by atoms with Crippen LogP contribution < -0.4 is 4.74 Å². The molecule has 0 saturated carbocycles. The van der Waals surface area contributed by atoms with Gasteiger partial charge < -0.3 is 4.74 Å². The normalized spacial score (nSPS) is 10.4. The Bertz CT molecular complexity index is 552. The van der Waals surface area contributed by atoms with Crippen molar-refractivity contribution in [2.75, 3.05) is 7.11 Å². The third-order valence-corrected chi connectivity index (χ3v) is 2.66. The quantitative estimate of drug-likeness (QED) is 0.793. The summed E-state index contributed by atoms with van der Waals surface area (Å²) in [5, 5.41) is 0. The second-order valence-electron chi connectivity index (χ2n) is 3.93. The van der Waals surface area contributed by atoms with Crippen molar-refractivity contribution in [1.29, 1.82) is 0 Å². The molecular weight excluding hydrogens is 214 g/mol. The highest BCUT2D eigenvalue weighted by Gasteiger charge is 2.10. The van der Waals surface area contributed by atoms with Crippen molar-refractivity contribution in [3.8, 4) is 17.4 Å². The zero-order valence-corrected chi connectivity index (χ0v) is 10.5. The first kappa shape index (κ1) is 11.5. The van der Waals surface area contributed by atoms with Gasteiger partial charge in [0.25, 0.3) is 0 Å². The molecule has 0 saturated heterocycles. The van der Waals surface area contributed by atoms with Gasteiger partial charge in [0.2, 0.25) is 5.88 Å². The number of pyridine rings is 1. The molecule has 0 aromatic carbocycles. The van der Waals surface area contributed by atoms with Crippen LogP contribution in [0.1, 0.15) is 17.0 Å². The first-order valence-electron chi connectivity index (χ1n) is 5.45. The summed E-state index contributed by atoms with van der Waals surface area (Å²) in [6.07, 6.45) is 0. The molecule has 2 aromatic rings. The molecule has 0 aliphatic carbocycles. The fourth-order valence-corrected chi connectivity index (χ4v) is 1.58. The van der Waals surface area contributed by atoms with Crippen LogP contribution >= 0.6 is 0 Å². The molecule has 0 unspecified atom stereocenters. The highest BCUT2D eigenvalue weighted by atomic mass is 16.5. The summed E-state index contributed by atoms with van der Waals surface area (Å²) in [4.78, 5) is 13.2. The molecule has 17 heavy (non-hydrogen) atoms. The van der Waals surface area contributed by atoms with Gasteiger partial charge in [-0.25, -0.2) is 9.97 Å². The number of nitrogens with zero attached hydrogens (tertiary/aromatic N) is 3. The molecule has 0 bridgehead atoms. The maximum absolute atomic E-state index is 5.24. The maximum atomic E-state index is 5.24. The Morgan fingerprint density at radius 3 is 2.41 bits per heavy atom. The molecule has 88 valence electrons. The van der Waals surface area contributed by atoms with Crippen molar-refractivity contribution in [2.24, 2.45) is 0 Å². The number of aryl methyl sites for hydroxylation is 2. The standard InChI is InChI=1S/C13H15N3O/c1-8-6-5-7-11(14-8)12-15-10(3)9(2)13(16-12)17-4/h5-7H,1-4H3. The zero-order chi connectivity index (χ0) is 12.4. The molecule has 0 amide bonds. The van der Waals surface area contributed by atoms with Gasteiger partial charge in [0.1, 0.15) is 5.69 Å². The SMILES string of the molecule is COc1nc(-c2cccc(C)n2)nc(C)c1C. The van der Waals surface area contributed by atoms with Gasteiger partial charge in [-0.2, -0.15) is 4.98 Å². The van der Waals surface area contributed by atoms with E-state index in [0.717, 1.165) is 22.6 Å². The van der Waals surface area contributed by atoms with Crippen LogP contribution in [0.4, 0.5) is 0 Å². The van der Waals surface area contributed by atoms with Crippen LogP contribution in [-0.2, 0) is 0 Å². The molecule has 2 heterocycles. The van der Waals surface area contributed by atoms with Crippen molar-refractivity contribution >= 4 is 0 Å². The summed E-state index contributed by atoms with van der Waals surface area (Å²) in [5.41, 5.74) is 3.59. The number of hydrogen-bond acceptors (Lipinski definition) is 4. The van der Waals surface area contributed by atoms with Crippen molar-refractivity contribution in [1.82, 2.24) is 15.0 Å². The molecule has 4 heteroatoms. The summed E-state index contributed by atoms with van der Waals surface area (Å²) in [5.74, 6) is 1.21. The third kappa shape index (κ3) is 2.25. The van der Waals surface area contributed by atoms with Gasteiger partial charge in [-0.3, -0.25) is 0 Å². The molecule has 0 atom stereocenters. The Balaban J connectivity index is 2.56. The average molecular weight is 229 g/mol. The molecule has 2 aromatic heterocycles. The Labute approximate surface area is 101 Å². The zero-order valence-electron chi connectivity index (χ0n) is 10.5. The number of aromatic nitrogens is 3. The summed E-state index contributed by atoms with van der Waals surface area (Å²) in [6, 6.07) is 5.79. The van der Waals surface area contributed by atoms with Crippen LogP contribution in [-0.4, -0.2) is 22.1 Å². The van der Waals surface area contributed by atoms with Gasteiger partial charge in [-0.05, 0) is 32.9 Å². The van der Waals surface area contributed by atoms with E-state index < -0.39 is 0 Å². The Morgan fingerprint density at radius 1 is 1.00 bits per heavy atom. The molecular formula is C13H15N3O. The fourth-order valence-electron chi connectivity index (χ4n) is 1.58. The van der Waals surface area contributed by atoms with E-state index in [1.54, 1.807) is 7.11 Å². The smallest absolute Gasteiger partial charge is 0.219 e. The van der Waals surface area contributed by atoms with Gasteiger partial charge in [0.05, 0.1) is 7.11 Å². The summed E-state index contributed by atoms with van der Waals surface area (Å²) >= 11 is 0. The Morgan fingerprint density at radius 2 is 1.76 bits per heavy atom. The lowest BCUT2D eigenvalue weighted by atomic mass is 10.2. The number of ether oxygens (including phenoxy) is 1. The topological polar surface area (TPSA) is 47.9 Å². The van der Waals surface area contributed by atoms with Gasteiger partial charge >= 0.3 is 0 Å². The summed E-state index contributed by atoms with van der Waals surface area (Å²) in [7, 11) is 1.61. The predicted octanol–water partition coefficient (Wildman–Crippen LogP) is 2.47. The minimum absolute atomic E-state index is 0.605. The molecule has 0 fully saturated rings. The monoisotopic (exact) mass is 229 g/mol. The lowest BCUT2D eigenvalue weighted by Gasteiger charge is -2.08. The van der Waals surface area contributed by atoms with Crippen molar-refractivity contribution in [3.63, 3.8) is 0 Å². The van der Waals surface area contributed by atoms with Crippen LogP contribution in [0.5, 0.6) is 5.88 Å². The minimum atomic E-state index is 0.605. The lowest BCUT2D eigenvalue weighted by molar-refractivity contribution is 0.393. The average Bonchev–Trinajstić information content (AvgIpc) is 2.32. The molecule has 0 spiro atoms. The Kier molecular flexibility index (Phi) is 3.04. The van der Waals surface area contributed by atoms with E-state index in [1.807, 2.05) is 39.0 Å². The second-order valence-corrected chi connectivity index (χ2v) is 3.93. The summed E-state index contributed by atoms with van der Waals surface area (Å²) < 4.78 is 5.24. The van der Waals surface area contributed by atoms with Gasteiger partial charge in [0.15, 0.2) is 5.82 Å². The van der Waals surface area contributed by atoms with Crippen molar-refractivity contribution in [2.45, 2.75) is 20.8 Å². The van der Waals surface area contributed by atoms with E-state index >= 15 is 0 Å². The molecule has 4 nitrogen and oxygen atoms in total. The minimum Gasteiger partial charge on any atom is -0.481 e. The van der Waals surface area contributed by atoms with E-state index in [2.05, 4.69) is 15.0 Å². The van der Waals surface area contributed by atoms with Crippen molar-refractivity contribution in [3.05, 3.63) is 35.2 Å². The van der Waals surface area contributed by atoms with E-state index in [4.69, 9.17) is 4.74 Å². The molecule has 0 N–H and O–H groups in total. The second kappa shape index (κ2) is 4.49. The summed E-state index contributed by atoms with van der Waals surface area (Å²) in [6.45, 7) is 5.84. The van der Waals surface area contributed by atoms with Crippen LogP contribution in [0.25, 0.3) is 11.5 Å². The van der Waals surface area contributed by atoms with Crippen LogP contribution in [0.2, 0.25) is 0 Å². The van der Waals surface area contributed by atoms with E-state index in [9.17, 15) is 0 Å². The van der Waals surface area contributed by atoms with Crippen LogP contribution in [0.3, 0.4) is 0 Å². The highest BCUT2D eigenvalue weighted by Crippen LogP contribution is 2.21. The first-order valence-corrected chi connectivity index (χ1v) is 5.45. The maximum Gasteiger partial charge on any atom is 0.219 e. The molecule has 0 aliphatic heterocycles.